The highest BCUT2D eigenvalue weighted by Gasteiger charge is 2.52. The third kappa shape index (κ3) is 6.39. The molecule has 2 heterocycles. The number of carbonyl (C=O) groups excluding carboxylic acids is 3. The van der Waals surface area contributed by atoms with Crippen LogP contribution in [0.25, 0.3) is 0 Å². The number of hydrogen-bond acceptors (Lipinski definition) is 9. The van der Waals surface area contributed by atoms with Gasteiger partial charge in [-0.15, -0.1) is 13.2 Å². The number of nitrogens with one attached hydrogen (secondary N) is 1. The minimum Gasteiger partial charge on any atom is -0.494 e. The first-order valence-corrected chi connectivity index (χ1v) is 13.8. The van der Waals surface area contributed by atoms with Gasteiger partial charge in [-0.1, -0.05) is 0 Å². The Morgan fingerprint density at radius 1 is 1.02 bits per heavy atom. The maximum absolute atomic E-state index is 13.3. The van der Waals surface area contributed by atoms with Crippen LogP contribution in [0.5, 0.6) is 11.5 Å². The number of alkyl halides is 3. The molecule has 2 aliphatic heterocycles. The van der Waals surface area contributed by atoms with E-state index in [0.717, 1.165) is 21.9 Å². The lowest BCUT2D eigenvalue weighted by Crippen LogP contribution is -2.54. The number of anilines is 1. The molecule has 16 heteroatoms. The summed E-state index contributed by atoms with van der Waals surface area (Å²) < 4.78 is 76.4. The van der Waals surface area contributed by atoms with E-state index in [9.17, 15) is 36.0 Å². The molecule has 2 saturated heterocycles. The molecule has 0 aromatic heterocycles. The lowest BCUT2D eigenvalue weighted by molar-refractivity contribution is -0.274. The summed E-state index contributed by atoms with van der Waals surface area (Å²) in [6, 6.07) is 9.28. The van der Waals surface area contributed by atoms with Gasteiger partial charge in [-0.3, -0.25) is 24.6 Å². The molecule has 0 unspecified atom stereocenters. The average Bonchev–Trinajstić information content (AvgIpc) is 3.23. The highest BCUT2D eigenvalue weighted by molar-refractivity contribution is 7.93. The molecule has 2 aromatic carbocycles. The predicted octanol–water partition coefficient (Wildman–Crippen LogP) is 2.65. The van der Waals surface area contributed by atoms with Crippen molar-refractivity contribution >= 4 is 33.4 Å². The van der Waals surface area contributed by atoms with E-state index in [1.807, 2.05) is 0 Å². The third-order valence-corrected chi connectivity index (χ3v) is 9.21. The molecule has 2 aromatic rings. The second kappa shape index (κ2) is 11.9. The van der Waals surface area contributed by atoms with Crippen molar-refractivity contribution in [2.24, 2.45) is 0 Å². The molecule has 222 valence electrons. The molecule has 0 radical (unpaired) electrons. The molecule has 0 saturated carbocycles. The van der Waals surface area contributed by atoms with Crippen LogP contribution in [-0.4, -0.2) is 80.4 Å². The summed E-state index contributed by atoms with van der Waals surface area (Å²) in [5.41, 5.74) is 1.68. The standard InChI is InChI=1S/C25H26F3N3O9S/c26-25(27,28)40-19-4-2-17(3-5-19)31-16-21(32)30(23(31)34)12-1-13-39-18-6-8-20(9-7-18)41(36,37)24(22(33)29-35)10-14-38-15-11-24/h2-9,35H,1,10-16H2,(H,29,33). The second-order valence-electron chi connectivity index (χ2n) is 9.18. The predicted molar refractivity (Wildman–Crippen MR) is 134 cm³/mol. The number of imide groups is 1. The van der Waals surface area contributed by atoms with Crippen LogP contribution in [0.3, 0.4) is 0 Å². The van der Waals surface area contributed by atoms with E-state index in [1.54, 1.807) is 0 Å². The van der Waals surface area contributed by atoms with E-state index in [-0.39, 0.29) is 62.8 Å². The zero-order valence-corrected chi connectivity index (χ0v) is 22.2. The van der Waals surface area contributed by atoms with Crippen LogP contribution in [0.2, 0.25) is 0 Å². The van der Waals surface area contributed by atoms with Gasteiger partial charge < -0.3 is 14.2 Å². The molecule has 12 nitrogen and oxygen atoms in total. The summed E-state index contributed by atoms with van der Waals surface area (Å²) in [6.45, 7) is -0.123. The molecule has 0 atom stereocenters. The summed E-state index contributed by atoms with van der Waals surface area (Å²) in [6.07, 6.45) is -4.86. The molecule has 4 amide bonds. The number of ether oxygens (including phenoxy) is 3. The molecule has 2 aliphatic rings. The number of benzene rings is 2. The van der Waals surface area contributed by atoms with Crippen LogP contribution in [0.4, 0.5) is 23.7 Å². The van der Waals surface area contributed by atoms with Gasteiger partial charge >= 0.3 is 12.4 Å². The Balaban J connectivity index is 1.31. The van der Waals surface area contributed by atoms with Gasteiger partial charge in [0, 0.05) is 25.4 Å². The van der Waals surface area contributed by atoms with Crippen molar-refractivity contribution in [2.45, 2.75) is 35.3 Å². The minimum atomic E-state index is -4.86. The van der Waals surface area contributed by atoms with Crippen LogP contribution >= 0.6 is 0 Å². The lowest BCUT2D eigenvalue weighted by Gasteiger charge is -2.34. The third-order valence-electron chi connectivity index (χ3n) is 6.70. The Kier molecular flexibility index (Phi) is 8.74. The topological polar surface area (TPSA) is 152 Å². The lowest BCUT2D eigenvalue weighted by atomic mass is 9.98. The minimum absolute atomic E-state index is 0.0107. The number of hydroxylamine groups is 1. The Labute approximate surface area is 232 Å². The first-order chi connectivity index (χ1) is 19.4. The summed E-state index contributed by atoms with van der Waals surface area (Å²) in [7, 11) is -4.19. The number of halogens is 3. The summed E-state index contributed by atoms with van der Waals surface area (Å²) in [5.74, 6) is -1.68. The molecule has 2 fully saturated rings. The summed E-state index contributed by atoms with van der Waals surface area (Å²) >= 11 is 0. The van der Waals surface area contributed by atoms with Crippen LogP contribution in [0, 0.1) is 0 Å². The Morgan fingerprint density at radius 2 is 1.63 bits per heavy atom. The van der Waals surface area contributed by atoms with E-state index in [4.69, 9.17) is 14.7 Å². The molecule has 0 aliphatic carbocycles. The van der Waals surface area contributed by atoms with Gasteiger partial charge in [0.05, 0.1) is 11.5 Å². The molecule has 0 spiro atoms. The van der Waals surface area contributed by atoms with Crippen LogP contribution in [0.15, 0.2) is 53.4 Å². The number of hydrogen-bond donors (Lipinski definition) is 2. The van der Waals surface area contributed by atoms with Crippen molar-refractivity contribution < 1.29 is 55.4 Å². The summed E-state index contributed by atoms with van der Waals surface area (Å²) in [5, 5.41) is 9.14. The first kappa shape index (κ1) is 30.1. The number of rotatable bonds is 10. The van der Waals surface area contributed by atoms with Crippen molar-refractivity contribution in [3.05, 3.63) is 48.5 Å². The molecule has 0 bridgehead atoms. The SMILES string of the molecule is O=C1CN(c2ccc(OC(F)(F)F)cc2)C(=O)N1CCCOc1ccc(S(=O)(=O)C2(C(=O)NO)CCOCC2)cc1. The molecule has 2 N–H and O–H groups in total. The number of sulfone groups is 1. The Morgan fingerprint density at radius 3 is 2.22 bits per heavy atom. The maximum atomic E-state index is 13.3. The maximum Gasteiger partial charge on any atom is 0.573 e. The smallest absolute Gasteiger partial charge is 0.494 e. The number of urea groups is 1. The van der Waals surface area contributed by atoms with Crippen molar-refractivity contribution in [3.63, 3.8) is 0 Å². The van der Waals surface area contributed by atoms with E-state index >= 15 is 0 Å². The van der Waals surface area contributed by atoms with Crippen molar-refractivity contribution in [1.82, 2.24) is 10.4 Å². The summed E-state index contributed by atoms with van der Waals surface area (Å²) in [4.78, 5) is 39.4. The van der Waals surface area contributed by atoms with Gasteiger partial charge in [0.1, 0.15) is 18.0 Å². The molecular weight excluding hydrogens is 575 g/mol. The number of nitrogens with zero attached hydrogens (tertiary/aromatic N) is 2. The van der Waals surface area contributed by atoms with Crippen molar-refractivity contribution in [1.29, 1.82) is 0 Å². The monoisotopic (exact) mass is 601 g/mol. The van der Waals surface area contributed by atoms with E-state index in [0.29, 0.717) is 5.75 Å². The normalized spacial score (nSPS) is 17.5. The van der Waals surface area contributed by atoms with Crippen molar-refractivity contribution in [3.8, 4) is 11.5 Å². The molecular formula is C25H26F3N3O9S. The van der Waals surface area contributed by atoms with Gasteiger partial charge in [0.15, 0.2) is 14.6 Å². The average molecular weight is 602 g/mol. The van der Waals surface area contributed by atoms with Gasteiger partial charge in [0.25, 0.3) is 11.8 Å². The quantitative estimate of drug-likeness (QED) is 0.181. The second-order valence-corrected chi connectivity index (χ2v) is 11.4. The highest BCUT2D eigenvalue weighted by atomic mass is 32.2. The largest absolute Gasteiger partial charge is 0.573 e. The molecule has 4 rings (SSSR count). The van der Waals surface area contributed by atoms with E-state index in [1.165, 1.54) is 41.9 Å². The van der Waals surface area contributed by atoms with Crippen molar-refractivity contribution in [2.75, 3.05) is 37.8 Å². The van der Waals surface area contributed by atoms with Crippen LogP contribution in [-0.2, 0) is 24.2 Å². The van der Waals surface area contributed by atoms with Gasteiger partial charge in [-0.2, -0.15) is 0 Å². The highest BCUT2D eigenvalue weighted by Crippen LogP contribution is 2.36. The fraction of sp³-hybridized carbons (Fsp3) is 0.400. The fourth-order valence-electron chi connectivity index (χ4n) is 4.56. The molecule has 41 heavy (non-hydrogen) atoms. The van der Waals surface area contributed by atoms with E-state index in [2.05, 4.69) is 4.74 Å². The van der Waals surface area contributed by atoms with Gasteiger partial charge in [-0.05, 0) is 67.8 Å². The van der Waals surface area contributed by atoms with Crippen LogP contribution in [0.1, 0.15) is 19.3 Å². The fourth-order valence-corrected chi connectivity index (χ4v) is 6.50. The van der Waals surface area contributed by atoms with Crippen LogP contribution < -0.4 is 19.9 Å². The Bertz CT molecular complexity index is 1380. The van der Waals surface area contributed by atoms with E-state index < -0.39 is 44.5 Å². The van der Waals surface area contributed by atoms with Gasteiger partial charge in [0.2, 0.25) is 0 Å². The number of carbonyl (C=O) groups is 3. The zero-order chi connectivity index (χ0) is 29.8. The van der Waals surface area contributed by atoms with Gasteiger partial charge in [-0.25, -0.2) is 18.7 Å². The first-order valence-electron chi connectivity index (χ1n) is 12.4. The Hall–Kier alpha value is -3.89. The number of amides is 4. The zero-order valence-electron chi connectivity index (χ0n) is 21.4.